The second-order valence-electron chi connectivity index (χ2n) is 8.89. The van der Waals surface area contributed by atoms with E-state index in [1.165, 1.54) is 5.56 Å². The predicted molar refractivity (Wildman–Crippen MR) is 141 cm³/mol. The fourth-order valence-electron chi connectivity index (χ4n) is 4.67. The largest absolute Gasteiger partial charge is 0.447 e. The molecule has 1 saturated heterocycles. The highest BCUT2D eigenvalue weighted by Crippen LogP contribution is 2.44. The van der Waals surface area contributed by atoms with Crippen LogP contribution in [0.3, 0.4) is 0 Å². The number of benzene rings is 2. The van der Waals surface area contributed by atoms with E-state index in [1.54, 1.807) is 18.2 Å². The van der Waals surface area contributed by atoms with Crippen molar-refractivity contribution in [2.75, 3.05) is 26.4 Å². The highest BCUT2D eigenvalue weighted by molar-refractivity contribution is 5.94. The normalized spacial score (nSPS) is 27.3. The van der Waals surface area contributed by atoms with Crippen molar-refractivity contribution in [2.45, 2.75) is 37.6 Å². The fraction of sp³-hybridized carbons (Fsp3) is 0.367. The van der Waals surface area contributed by atoms with Gasteiger partial charge in [0.1, 0.15) is 12.2 Å². The van der Waals surface area contributed by atoms with Gasteiger partial charge in [-0.3, -0.25) is 0 Å². The molecule has 4 rings (SSSR count). The maximum absolute atomic E-state index is 6.56. The average molecular weight is 490 g/mol. The minimum absolute atomic E-state index is 0.259. The Hall–Kier alpha value is -3.03. The van der Waals surface area contributed by atoms with Gasteiger partial charge < -0.3 is 23.7 Å². The van der Waals surface area contributed by atoms with Crippen molar-refractivity contribution in [3.05, 3.63) is 109 Å². The van der Waals surface area contributed by atoms with Gasteiger partial charge in [-0.15, -0.1) is 19.7 Å². The van der Waals surface area contributed by atoms with Crippen LogP contribution in [0.15, 0.2) is 97.6 Å². The molecule has 190 valence electrons. The van der Waals surface area contributed by atoms with Crippen LogP contribution in [0.25, 0.3) is 0 Å². The first-order chi connectivity index (χ1) is 17.7. The molecule has 6 atom stereocenters. The number of nitrogens with zero attached hydrogens (tertiary/aromatic N) is 1. The summed E-state index contributed by atoms with van der Waals surface area (Å²) in [5, 5.41) is 0. The van der Waals surface area contributed by atoms with Gasteiger partial charge in [-0.2, -0.15) is 0 Å². The lowest BCUT2D eigenvalue weighted by Crippen LogP contribution is -2.61. The van der Waals surface area contributed by atoms with Gasteiger partial charge in [-0.05, 0) is 24.6 Å². The van der Waals surface area contributed by atoms with Gasteiger partial charge in [0.15, 0.2) is 0 Å². The predicted octanol–water partition coefficient (Wildman–Crippen LogP) is 5.20. The van der Waals surface area contributed by atoms with E-state index in [2.05, 4.69) is 50.9 Å². The van der Waals surface area contributed by atoms with Crippen LogP contribution in [-0.4, -0.2) is 56.9 Å². The van der Waals surface area contributed by atoms with Crippen LogP contribution >= 0.6 is 0 Å². The molecule has 0 N–H and O–H groups in total. The maximum atomic E-state index is 6.56. The minimum Gasteiger partial charge on any atom is -0.447 e. The van der Waals surface area contributed by atoms with Crippen molar-refractivity contribution in [2.24, 2.45) is 10.9 Å². The van der Waals surface area contributed by atoms with Crippen molar-refractivity contribution in [1.29, 1.82) is 0 Å². The average Bonchev–Trinajstić information content (AvgIpc) is 2.91. The Bertz CT molecular complexity index is 1040. The summed E-state index contributed by atoms with van der Waals surface area (Å²) in [5.41, 5.74) is 3.14. The van der Waals surface area contributed by atoms with Gasteiger partial charge in [-0.1, -0.05) is 66.3 Å². The molecule has 2 aromatic carbocycles. The first kappa shape index (κ1) is 26.0. The zero-order chi connectivity index (χ0) is 25.3. The molecule has 0 radical (unpaired) electrons. The van der Waals surface area contributed by atoms with E-state index in [9.17, 15) is 0 Å². The number of rotatable bonds is 12. The van der Waals surface area contributed by atoms with Gasteiger partial charge in [0, 0.05) is 5.56 Å². The Morgan fingerprint density at radius 2 is 1.53 bits per heavy atom. The number of hydrogen-bond acceptors (Lipinski definition) is 6. The topological polar surface area (TPSA) is 58.5 Å². The van der Waals surface area contributed by atoms with E-state index >= 15 is 0 Å². The standard InChI is InChI=1S/C30H35NO5/c1-5-17-32-20-24-27(33-18-6-2)28(34-19-7-3)25-26(22-15-13-21(4)14-16-22)31-29(36-30(25)35-24)23-11-9-8-10-12-23/h5-16,24-28,30H,1-3,17-20H2,4H3/t24-,25-,26-,27+,28-,30-/m1/s1. The molecule has 2 heterocycles. The van der Waals surface area contributed by atoms with E-state index in [0.717, 1.165) is 11.1 Å². The van der Waals surface area contributed by atoms with Crippen LogP contribution in [0, 0.1) is 12.8 Å². The molecule has 0 aromatic heterocycles. The first-order valence-corrected chi connectivity index (χ1v) is 12.3. The lowest BCUT2D eigenvalue weighted by atomic mass is 9.81. The number of hydrogen-bond donors (Lipinski definition) is 0. The van der Waals surface area contributed by atoms with E-state index in [-0.39, 0.29) is 18.1 Å². The Kier molecular flexibility index (Phi) is 9.25. The summed E-state index contributed by atoms with van der Waals surface area (Å²) in [6.45, 7) is 14.9. The summed E-state index contributed by atoms with van der Waals surface area (Å²) in [6, 6.07) is 18.0. The molecule has 2 aromatic rings. The number of aliphatic imine (C=N–C) groups is 1. The van der Waals surface area contributed by atoms with E-state index in [4.69, 9.17) is 28.7 Å². The molecule has 36 heavy (non-hydrogen) atoms. The summed E-state index contributed by atoms with van der Waals surface area (Å²) in [6.07, 6.45) is 3.34. The molecule has 6 nitrogen and oxygen atoms in total. The van der Waals surface area contributed by atoms with Crippen LogP contribution in [0.4, 0.5) is 0 Å². The van der Waals surface area contributed by atoms with Crippen molar-refractivity contribution in [3.63, 3.8) is 0 Å². The van der Waals surface area contributed by atoms with Crippen molar-refractivity contribution in [3.8, 4) is 0 Å². The lowest BCUT2D eigenvalue weighted by Gasteiger charge is -2.49. The highest BCUT2D eigenvalue weighted by atomic mass is 16.7. The Balaban J connectivity index is 1.77. The quantitative estimate of drug-likeness (QED) is 0.303. The van der Waals surface area contributed by atoms with Crippen LogP contribution in [0.5, 0.6) is 0 Å². The fourth-order valence-corrected chi connectivity index (χ4v) is 4.67. The third-order valence-electron chi connectivity index (χ3n) is 6.31. The number of ether oxygens (including phenoxy) is 5. The molecule has 2 aliphatic rings. The summed E-state index contributed by atoms with van der Waals surface area (Å²) in [4.78, 5) is 5.10. The highest BCUT2D eigenvalue weighted by Gasteiger charge is 2.54. The smallest absolute Gasteiger partial charge is 0.219 e. The van der Waals surface area contributed by atoms with Crippen LogP contribution in [-0.2, 0) is 23.7 Å². The SMILES string of the molecule is C=CCOC[C@H]1O[C@@H]2OC(c3ccccc3)=N[C@H](c3ccc(C)cc3)[C@@H]2[C@@H](OCC=C)[C@H]1OCC=C. The molecule has 0 spiro atoms. The third kappa shape index (κ3) is 6.02. The van der Waals surface area contributed by atoms with Crippen molar-refractivity contribution < 1.29 is 23.7 Å². The van der Waals surface area contributed by atoms with Gasteiger partial charge in [0.2, 0.25) is 12.2 Å². The second kappa shape index (κ2) is 12.8. The second-order valence-corrected chi connectivity index (χ2v) is 8.89. The first-order valence-electron chi connectivity index (χ1n) is 12.3. The Morgan fingerprint density at radius 1 is 0.861 bits per heavy atom. The van der Waals surface area contributed by atoms with Crippen molar-refractivity contribution in [1.82, 2.24) is 0 Å². The monoisotopic (exact) mass is 489 g/mol. The van der Waals surface area contributed by atoms with Gasteiger partial charge in [-0.25, -0.2) is 4.99 Å². The van der Waals surface area contributed by atoms with E-state index in [1.807, 2.05) is 30.3 Å². The number of aryl methyl sites for hydroxylation is 1. The van der Waals surface area contributed by atoms with Gasteiger partial charge in [0.05, 0.1) is 44.5 Å². The van der Waals surface area contributed by atoms with Crippen molar-refractivity contribution >= 4 is 5.90 Å². The van der Waals surface area contributed by atoms with Crippen LogP contribution in [0.2, 0.25) is 0 Å². The molecule has 2 aliphatic heterocycles. The van der Waals surface area contributed by atoms with Gasteiger partial charge >= 0.3 is 0 Å². The Morgan fingerprint density at radius 3 is 2.19 bits per heavy atom. The molecule has 0 saturated carbocycles. The summed E-state index contributed by atoms with van der Waals surface area (Å²) in [7, 11) is 0. The van der Waals surface area contributed by atoms with Gasteiger partial charge in [0.25, 0.3) is 0 Å². The summed E-state index contributed by atoms with van der Waals surface area (Å²) < 4.78 is 31.4. The summed E-state index contributed by atoms with van der Waals surface area (Å²) >= 11 is 0. The van der Waals surface area contributed by atoms with E-state index < -0.39 is 18.5 Å². The summed E-state index contributed by atoms with van der Waals surface area (Å²) in [5.74, 6) is 0.284. The zero-order valence-electron chi connectivity index (χ0n) is 20.8. The third-order valence-corrected chi connectivity index (χ3v) is 6.31. The number of fused-ring (bicyclic) bond motifs is 1. The van der Waals surface area contributed by atoms with Crippen LogP contribution < -0.4 is 0 Å². The molecule has 0 unspecified atom stereocenters. The molecule has 0 bridgehead atoms. The molecular formula is C30H35NO5. The maximum Gasteiger partial charge on any atom is 0.219 e. The van der Waals surface area contributed by atoms with Crippen LogP contribution in [0.1, 0.15) is 22.7 Å². The minimum atomic E-state index is -0.611. The zero-order valence-corrected chi connectivity index (χ0v) is 20.8. The Labute approximate surface area is 213 Å². The molecule has 0 aliphatic carbocycles. The van der Waals surface area contributed by atoms with E-state index in [0.29, 0.717) is 32.3 Å². The molecular weight excluding hydrogens is 454 g/mol. The molecule has 0 amide bonds. The molecule has 1 fully saturated rings. The molecule has 6 heteroatoms. The lowest BCUT2D eigenvalue weighted by molar-refractivity contribution is -0.288.